The molecule has 0 aromatic heterocycles. The Balaban J connectivity index is 1.38. The van der Waals surface area contributed by atoms with E-state index in [9.17, 15) is 9.59 Å². The molecular weight excluding hydrogens is 488 g/mol. The van der Waals surface area contributed by atoms with E-state index < -0.39 is 0 Å². The molecule has 0 unspecified atom stereocenters. The molecule has 3 aromatic rings. The van der Waals surface area contributed by atoms with Crippen LogP contribution in [0.15, 0.2) is 71.6 Å². The van der Waals surface area contributed by atoms with Gasteiger partial charge in [-0.15, -0.1) is 0 Å². The van der Waals surface area contributed by atoms with Gasteiger partial charge < -0.3 is 10.1 Å². The summed E-state index contributed by atoms with van der Waals surface area (Å²) in [6.07, 6.45) is 1.78. The van der Waals surface area contributed by atoms with Crippen molar-refractivity contribution in [2.24, 2.45) is 0 Å². The monoisotopic (exact) mass is 508 g/mol. The van der Waals surface area contributed by atoms with Crippen LogP contribution in [0.2, 0.25) is 5.02 Å². The van der Waals surface area contributed by atoms with Crippen LogP contribution in [0, 0.1) is 13.8 Å². The molecule has 0 radical (unpaired) electrons. The van der Waals surface area contributed by atoms with Gasteiger partial charge in [0.1, 0.15) is 5.75 Å². The predicted molar refractivity (Wildman–Crippen MR) is 144 cm³/mol. The SMILES string of the molecule is Cc1cccc(C)c1NC(=O)COc1ccc(/C=C2\SC(=S)N(c3ccc(Cl)cc3)C2=O)cc1. The number of para-hydroxylation sites is 1. The van der Waals surface area contributed by atoms with Crippen LogP contribution in [0.25, 0.3) is 6.08 Å². The van der Waals surface area contributed by atoms with E-state index in [-0.39, 0.29) is 18.4 Å². The summed E-state index contributed by atoms with van der Waals surface area (Å²) in [7, 11) is 0. The first-order chi connectivity index (χ1) is 16.3. The van der Waals surface area contributed by atoms with Gasteiger partial charge in [-0.2, -0.15) is 0 Å². The van der Waals surface area contributed by atoms with Gasteiger partial charge >= 0.3 is 0 Å². The quantitative estimate of drug-likeness (QED) is 0.309. The van der Waals surface area contributed by atoms with E-state index in [4.69, 9.17) is 28.6 Å². The number of amides is 2. The molecular formula is C26H21ClN2O3S2. The predicted octanol–water partition coefficient (Wildman–Crippen LogP) is 6.38. The summed E-state index contributed by atoms with van der Waals surface area (Å²) >= 11 is 12.6. The molecule has 5 nitrogen and oxygen atoms in total. The van der Waals surface area contributed by atoms with Crippen LogP contribution in [-0.4, -0.2) is 22.7 Å². The Kier molecular flexibility index (Phi) is 7.36. The summed E-state index contributed by atoms with van der Waals surface area (Å²) in [6.45, 7) is 3.80. The molecule has 1 N–H and O–H groups in total. The highest BCUT2D eigenvalue weighted by Crippen LogP contribution is 2.36. The number of carbonyl (C=O) groups is 2. The van der Waals surface area contributed by atoms with E-state index >= 15 is 0 Å². The van der Waals surface area contributed by atoms with E-state index in [0.717, 1.165) is 22.4 Å². The number of nitrogens with zero attached hydrogens (tertiary/aromatic N) is 1. The van der Waals surface area contributed by atoms with Crippen molar-refractivity contribution in [2.45, 2.75) is 13.8 Å². The van der Waals surface area contributed by atoms with Gasteiger partial charge in [-0.25, -0.2) is 0 Å². The highest BCUT2D eigenvalue weighted by molar-refractivity contribution is 8.27. The minimum absolute atomic E-state index is 0.104. The van der Waals surface area contributed by atoms with Crippen molar-refractivity contribution in [3.8, 4) is 5.75 Å². The van der Waals surface area contributed by atoms with Gasteiger partial charge in [0, 0.05) is 10.7 Å². The van der Waals surface area contributed by atoms with Crippen molar-refractivity contribution < 1.29 is 14.3 Å². The number of thiocarbonyl (C=S) groups is 1. The highest BCUT2D eigenvalue weighted by Gasteiger charge is 2.33. The van der Waals surface area contributed by atoms with E-state index in [1.165, 1.54) is 16.7 Å². The molecule has 0 spiro atoms. The molecule has 0 atom stereocenters. The number of anilines is 2. The average molecular weight is 509 g/mol. The van der Waals surface area contributed by atoms with Crippen molar-refractivity contribution >= 4 is 69.2 Å². The number of halogens is 1. The normalized spacial score (nSPS) is 14.6. The first-order valence-electron chi connectivity index (χ1n) is 10.4. The minimum Gasteiger partial charge on any atom is -0.484 e. The van der Waals surface area contributed by atoms with E-state index in [2.05, 4.69) is 5.32 Å². The molecule has 0 aliphatic carbocycles. The third-order valence-corrected chi connectivity index (χ3v) is 6.73. The Hall–Kier alpha value is -3.13. The number of carbonyl (C=O) groups excluding carboxylic acids is 2. The number of aryl methyl sites for hydroxylation is 2. The number of nitrogens with one attached hydrogen (secondary N) is 1. The van der Waals surface area contributed by atoms with Crippen LogP contribution in [0.3, 0.4) is 0 Å². The molecule has 4 rings (SSSR count). The average Bonchev–Trinajstić information content (AvgIpc) is 3.09. The molecule has 172 valence electrons. The zero-order valence-corrected chi connectivity index (χ0v) is 20.9. The van der Waals surface area contributed by atoms with E-state index in [1.54, 1.807) is 42.5 Å². The fourth-order valence-corrected chi connectivity index (χ4v) is 4.85. The second-order valence-corrected chi connectivity index (χ2v) is 9.78. The molecule has 1 saturated heterocycles. The number of benzene rings is 3. The number of ether oxygens (including phenoxy) is 1. The first-order valence-corrected chi connectivity index (χ1v) is 12.0. The second-order valence-electron chi connectivity index (χ2n) is 7.67. The van der Waals surface area contributed by atoms with Crippen LogP contribution < -0.4 is 15.0 Å². The molecule has 0 saturated carbocycles. The summed E-state index contributed by atoms with van der Waals surface area (Å²) in [6, 6.07) is 20.0. The topological polar surface area (TPSA) is 58.6 Å². The Bertz CT molecular complexity index is 1270. The van der Waals surface area contributed by atoms with Crippen LogP contribution in [-0.2, 0) is 9.59 Å². The van der Waals surface area contributed by atoms with Crippen molar-refractivity contribution in [1.82, 2.24) is 0 Å². The molecule has 0 bridgehead atoms. The molecule has 1 aliphatic rings. The van der Waals surface area contributed by atoms with E-state index in [1.807, 2.05) is 44.2 Å². The van der Waals surface area contributed by atoms with Gasteiger partial charge in [-0.1, -0.05) is 65.9 Å². The van der Waals surface area contributed by atoms with Gasteiger partial charge in [0.15, 0.2) is 10.9 Å². The fraction of sp³-hybridized carbons (Fsp3) is 0.115. The van der Waals surface area contributed by atoms with Crippen LogP contribution >= 0.6 is 35.6 Å². The lowest BCUT2D eigenvalue weighted by Crippen LogP contribution is -2.27. The zero-order chi connectivity index (χ0) is 24.2. The lowest BCUT2D eigenvalue weighted by Gasteiger charge is -2.14. The lowest BCUT2D eigenvalue weighted by atomic mass is 10.1. The van der Waals surface area contributed by atoms with Gasteiger partial charge in [-0.05, 0) is 73.0 Å². The summed E-state index contributed by atoms with van der Waals surface area (Å²) < 4.78 is 6.09. The van der Waals surface area contributed by atoms with E-state index in [0.29, 0.717) is 25.7 Å². The van der Waals surface area contributed by atoms with Crippen molar-refractivity contribution in [2.75, 3.05) is 16.8 Å². The largest absolute Gasteiger partial charge is 0.484 e. The molecule has 34 heavy (non-hydrogen) atoms. The number of hydrogen-bond acceptors (Lipinski definition) is 5. The Labute approximate surface area is 212 Å². The third kappa shape index (κ3) is 5.50. The van der Waals surface area contributed by atoms with Crippen LogP contribution in [0.1, 0.15) is 16.7 Å². The van der Waals surface area contributed by atoms with Crippen LogP contribution in [0.5, 0.6) is 5.75 Å². The highest BCUT2D eigenvalue weighted by atomic mass is 35.5. The summed E-state index contributed by atoms with van der Waals surface area (Å²) in [5, 5.41) is 3.49. The molecule has 1 heterocycles. The fourth-order valence-electron chi connectivity index (χ4n) is 3.43. The first kappa shape index (κ1) is 24.0. The molecule has 1 aliphatic heterocycles. The Morgan fingerprint density at radius 3 is 2.35 bits per heavy atom. The Morgan fingerprint density at radius 1 is 1.06 bits per heavy atom. The van der Waals surface area contributed by atoms with Crippen molar-refractivity contribution in [3.63, 3.8) is 0 Å². The number of hydrogen-bond donors (Lipinski definition) is 1. The van der Waals surface area contributed by atoms with Gasteiger partial charge in [0.05, 0.1) is 10.6 Å². The summed E-state index contributed by atoms with van der Waals surface area (Å²) in [5.41, 5.74) is 4.31. The van der Waals surface area contributed by atoms with Crippen molar-refractivity contribution in [3.05, 3.63) is 93.3 Å². The minimum atomic E-state index is -0.229. The molecule has 3 aromatic carbocycles. The number of rotatable bonds is 6. The van der Waals surface area contributed by atoms with Gasteiger partial charge in [-0.3, -0.25) is 14.5 Å². The number of thioether (sulfide) groups is 1. The zero-order valence-electron chi connectivity index (χ0n) is 18.5. The smallest absolute Gasteiger partial charge is 0.270 e. The maximum Gasteiger partial charge on any atom is 0.270 e. The molecule has 8 heteroatoms. The third-order valence-electron chi connectivity index (χ3n) is 5.17. The summed E-state index contributed by atoms with van der Waals surface area (Å²) in [4.78, 5) is 27.2. The molecule has 2 amide bonds. The standard InChI is InChI=1S/C26H21ClN2O3S2/c1-16-4-3-5-17(2)24(16)28-23(30)15-32-21-12-6-18(7-13-21)14-22-25(31)29(26(33)34-22)20-10-8-19(27)9-11-20/h3-14H,15H2,1-2H3,(H,28,30)/b22-14-. The maximum absolute atomic E-state index is 12.9. The molecule has 1 fully saturated rings. The van der Waals surface area contributed by atoms with Crippen LogP contribution in [0.4, 0.5) is 11.4 Å². The van der Waals surface area contributed by atoms with Crippen molar-refractivity contribution in [1.29, 1.82) is 0 Å². The summed E-state index contributed by atoms with van der Waals surface area (Å²) in [5.74, 6) is 0.149. The van der Waals surface area contributed by atoms with Gasteiger partial charge in [0.25, 0.3) is 11.8 Å². The maximum atomic E-state index is 12.9. The lowest BCUT2D eigenvalue weighted by molar-refractivity contribution is -0.118. The second kappa shape index (κ2) is 10.4. The van der Waals surface area contributed by atoms with Gasteiger partial charge in [0.2, 0.25) is 0 Å². The Morgan fingerprint density at radius 2 is 1.71 bits per heavy atom.